The third-order valence-electron chi connectivity index (χ3n) is 3.12. The molecule has 1 saturated carbocycles. The number of carbonyl (C=O) groups excluding carboxylic acids is 2. The Labute approximate surface area is 110 Å². The van der Waals surface area contributed by atoms with E-state index in [1.807, 2.05) is 0 Å². The summed E-state index contributed by atoms with van der Waals surface area (Å²) >= 11 is 0. The third-order valence-corrected chi connectivity index (χ3v) is 3.12. The number of nitrogens with one attached hydrogen (secondary N) is 3. The first-order valence-corrected chi connectivity index (χ1v) is 6.03. The maximum atomic E-state index is 11.4. The van der Waals surface area contributed by atoms with Gasteiger partial charge in [-0.05, 0) is 19.3 Å². The van der Waals surface area contributed by atoms with Crippen LogP contribution in [0.2, 0.25) is 0 Å². The van der Waals surface area contributed by atoms with Gasteiger partial charge in [0.25, 0.3) is 0 Å². The van der Waals surface area contributed by atoms with Gasteiger partial charge in [-0.25, -0.2) is 4.79 Å². The fourth-order valence-electron chi connectivity index (χ4n) is 1.73. The van der Waals surface area contributed by atoms with E-state index in [2.05, 4.69) is 16.0 Å². The molecule has 0 aromatic heterocycles. The van der Waals surface area contributed by atoms with Gasteiger partial charge < -0.3 is 25.8 Å². The summed E-state index contributed by atoms with van der Waals surface area (Å²) in [7, 11) is 1.61. The molecule has 19 heavy (non-hydrogen) atoms. The maximum absolute atomic E-state index is 11.4. The van der Waals surface area contributed by atoms with Crippen LogP contribution in [0.25, 0.3) is 0 Å². The number of rotatable bonds is 7. The maximum Gasteiger partial charge on any atom is 0.322 e. The largest absolute Gasteiger partial charge is 0.480 e. The van der Waals surface area contributed by atoms with Crippen LogP contribution in [0.5, 0.6) is 0 Å². The van der Waals surface area contributed by atoms with Crippen molar-refractivity contribution < 1.29 is 24.2 Å². The molecule has 0 saturated heterocycles. The first kappa shape index (κ1) is 15.2. The number of amides is 3. The predicted octanol–water partition coefficient (Wildman–Crippen LogP) is -0.944. The quantitative estimate of drug-likeness (QED) is 0.477. The summed E-state index contributed by atoms with van der Waals surface area (Å²) in [5, 5.41) is 15.4. The molecule has 108 valence electrons. The van der Waals surface area contributed by atoms with E-state index in [9.17, 15) is 14.4 Å². The van der Waals surface area contributed by atoms with Crippen molar-refractivity contribution in [2.45, 2.75) is 24.9 Å². The highest BCUT2D eigenvalue weighted by molar-refractivity contribution is 5.86. The second-order valence-corrected chi connectivity index (χ2v) is 4.45. The molecule has 1 aliphatic carbocycles. The van der Waals surface area contributed by atoms with Gasteiger partial charge in [0.15, 0.2) is 0 Å². The van der Waals surface area contributed by atoms with Crippen LogP contribution in [0.3, 0.4) is 0 Å². The van der Waals surface area contributed by atoms with E-state index in [1.54, 1.807) is 7.11 Å². The van der Waals surface area contributed by atoms with Crippen molar-refractivity contribution in [3.63, 3.8) is 0 Å². The molecule has 3 amide bonds. The van der Waals surface area contributed by atoms with E-state index in [-0.39, 0.29) is 12.1 Å². The van der Waals surface area contributed by atoms with Gasteiger partial charge in [0.05, 0.1) is 12.1 Å². The summed E-state index contributed by atoms with van der Waals surface area (Å²) in [6.45, 7) is -0.333. The first-order valence-electron chi connectivity index (χ1n) is 6.03. The molecule has 0 bridgehead atoms. The molecular weight excluding hydrogens is 254 g/mol. The molecular formula is C11H19N3O5. The van der Waals surface area contributed by atoms with Crippen LogP contribution in [-0.2, 0) is 14.3 Å². The van der Waals surface area contributed by atoms with E-state index in [0.29, 0.717) is 6.54 Å². The zero-order chi connectivity index (χ0) is 14.3. The molecule has 0 aliphatic heterocycles. The second-order valence-electron chi connectivity index (χ2n) is 4.45. The van der Waals surface area contributed by atoms with Gasteiger partial charge in [-0.15, -0.1) is 0 Å². The molecule has 1 aliphatic rings. The minimum atomic E-state index is -1.13. The van der Waals surface area contributed by atoms with Crippen LogP contribution < -0.4 is 16.0 Å². The number of urea groups is 1. The Morgan fingerprint density at radius 3 is 2.32 bits per heavy atom. The highest BCUT2D eigenvalue weighted by Gasteiger charge is 2.37. The van der Waals surface area contributed by atoms with E-state index >= 15 is 0 Å². The predicted molar refractivity (Wildman–Crippen MR) is 65.6 cm³/mol. The average molecular weight is 273 g/mol. The topological polar surface area (TPSA) is 117 Å². The number of ether oxygens (including phenoxy) is 1. The summed E-state index contributed by atoms with van der Waals surface area (Å²) in [5.74, 6) is -1.69. The molecule has 8 nitrogen and oxygen atoms in total. The van der Waals surface area contributed by atoms with E-state index in [4.69, 9.17) is 9.84 Å². The van der Waals surface area contributed by atoms with Crippen molar-refractivity contribution in [1.82, 2.24) is 16.0 Å². The van der Waals surface area contributed by atoms with E-state index < -0.39 is 24.5 Å². The zero-order valence-electron chi connectivity index (χ0n) is 10.8. The molecule has 0 heterocycles. The van der Waals surface area contributed by atoms with Crippen molar-refractivity contribution >= 4 is 17.9 Å². The number of carboxylic acids is 1. The van der Waals surface area contributed by atoms with Crippen molar-refractivity contribution in [2.24, 2.45) is 0 Å². The van der Waals surface area contributed by atoms with Crippen LogP contribution in [-0.4, -0.2) is 55.4 Å². The summed E-state index contributed by atoms with van der Waals surface area (Å²) in [4.78, 5) is 32.7. The number of carboxylic acid groups (broad SMARTS) is 1. The van der Waals surface area contributed by atoms with Crippen molar-refractivity contribution in [3.05, 3.63) is 0 Å². The standard InChI is InChI=1S/C11H19N3O5/c1-19-11(3-2-4-11)7-14-10(18)13-5-8(15)12-6-9(16)17/h2-7H2,1H3,(H,12,15)(H,16,17)(H2,13,14,18). The van der Waals surface area contributed by atoms with Crippen LogP contribution in [0.1, 0.15) is 19.3 Å². The summed E-state index contributed by atoms with van der Waals surface area (Å²) in [6, 6.07) is -0.478. The Morgan fingerprint density at radius 2 is 1.84 bits per heavy atom. The van der Waals surface area contributed by atoms with Gasteiger partial charge in [0, 0.05) is 13.7 Å². The number of methoxy groups -OCH3 is 1. The Morgan fingerprint density at radius 1 is 1.16 bits per heavy atom. The van der Waals surface area contributed by atoms with Gasteiger partial charge >= 0.3 is 12.0 Å². The molecule has 0 spiro atoms. The van der Waals surface area contributed by atoms with Gasteiger partial charge in [-0.2, -0.15) is 0 Å². The molecule has 1 rings (SSSR count). The molecule has 0 radical (unpaired) electrons. The van der Waals surface area contributed by atoms with Gasteiger partial charge in [0.2, 0.25) is 5.91 Å². The number of hydrogen-bond donors (Lipinski definition) is 4. The number of hydrogen-bond acceptors (Lipinski definition) is 4. The summed E-state index contributed by atoms with van der Waals surface area (Å²) < 4.78 is 5.33. The van der Waals surface area contributed by atoms with Crippen molar-refractivity contribution in [2.75, 3.05) is 26.7 Å². The number of carbonyl (C=O) groups is 3. The number of aliphatic carboxylic acids is 1. The van der Waals surface area contributed by atoms with Crippen LogP contribution >= 0.6 is 0 Å². The normalized spacial score (nSPS) is 16.1. The zero-order valence-corrected chi connectivity index (χ0v) is 10.8. The lowest BCUT2D eigenvalue weighted by molar-refractivity contribution is -0.137. The minimum absolute atomic E-state index is 0.265. The fourth-order valence-corrected chi connectivity index (χ4v) is 1.73. The molecule has 1 fully saturated rings. The van der Waals surface area contributed by atoms with Crippen LogP contribution in [0.15, 0.2) is 0 Å². The molecule has 0 aromatic rings. The van der Waals surface area contributed by atoms with Crippen molar-refractivity contribution in [1.29, 1.82) is 0 Å². The Bertz CT molecular complexity index is 349. The van der Waals surface area contributed by atoms with Crippen molar-refractivity contribution in [3.8, 4) is 0 Å². The summed E-state index contributed by atoms with van der Waals surface area (Å²) in [5.41, 5.74) is -0.275. The molecule has 8 heteroatoms. The lowest BCUT2D eigenvalue weighted by Crippen LogP contribution is -2.52. The first-order chi connectivity index (χ1) is 8.97. The molecule has 0 atom stereocenters. The van der Waals surface area contributed by atoms with Gasteiger partial charge in [-0.3, -0.25) is 9.59 Å². The lowest BCUT2D eigenvalue weighted by Gasteiger charge is -2.40. The Hall–Kier alpha value is -1.83. The SMILES string of the molecule is COC1(CNC(=O)NCC(=O)NCC(=O)O)CCC1. The molecule has 0 unspecified atom stereocenters. The Balaban J connectivity index is 2.14. The summed E-state index contributed by atoms with van der Waals surface area (Å²) in [6.07, 6.45) is 2.89. The van der Waals surface area contributed by atoms with Gasteiger partial charge in [-0.1, -0.05) is 0 Å². The average Bonchev–Trinajstić information content (AvgIpc) is 2.33. The Kier molecular flexibility index (Phi) is 5.56. The fraction of sp³-hybridized carbons (Fsp3) is 0.727. The minimum Gasteiger partial charge on any atom is -0.480 e. The second kappa shape index (κ2) is 6.93. The highest BCUT2D eigenvalue weighted by Crippen LogP contribution is 2.34. The highest BCUT2D eigenvalue weighted by atomic mass is 16.5. The monoisotopic (exact) mass is 273 g/mol. The lowest BCUT2D eigenvalue weighted by atomic mass is 9.80. The third kappa shape index (κ3) is 5.12. The molecule has 0 aromatic carbocycles. The van der Waals surface area contributed by atoms with Crippen LogP contribution in [0.4, 0.5) is 4.79 Å². The van der Waals surface area contributed by atoms with E-state index in [1.165, 1.54) is 0 Å². The van der Waals surface area contributed by atoms with Crippen LogP contribution in [0, 0.1) is 0 Å². The smallest absolute Gasteiger partial charge is 0.322 e. The van der Waals surface area contributed by atoms with E-state index in [0.717, 1.165) is 19.3 Å². The molecule has 4 N–H and O–H groups in total. The van der Waals surface area contributed by atoms with Gasteiger partial charge in [0.1, 0.15) is 6.54 Å².